The van der Waals surface area contributed by atoms with Gasteiger partial charge in [-0.2, -0.15) is 0 Å². The number of aromatic amines is 1. The summed E-state index contributed by atoms with van der Waals surface area (Å²) in [5, 5.41) is 0. The lowest BCUT2D eigenvalue weighted by Crippen LogP contribution is -2.22. The van der Waals surface area contributed by atoms with Crippen molar-refractivity contribution in [1.82, 2.24) is 9.55 Å². The Morgan fingerprint density at radius 3 is 2.86 bits per heavy atom. The molecule has 3 nitrogen and oxygen atoms in total. The minimum absolute atomic E-state index is 0. The molecule has 7 heteroatoms. The molecule has 0 radical (unpaired) electrons. The fourth-order valence-corrected chi connectivity index (χ4v) is 3.30. The fraction of sp³-hybridized carbons (Fsp3) is 0.357. The maximum atomic E-state index is 13.7. The second kappa shape index (κ2) is 6.25. The van der Waals surface area contributed by atoms with Crippen LogP contribution in [0.25, 0.3) is 0 Å². The zero-order valence-corrected chi connectivity index (χ0v) is 12.9. The minimum Gasteiger partial charge on any atom is -0.337 e. The van der Waals surface area contributed by atoms with E-state index in [2.05, 4.69) is 4.98 Å². The molecule has 1 aromatic carbocycles. The third-order valence-electron chi connectivity index (χ3n) is 3.90. The lowest BCUT2D eigenvalue weighted by molar-refractivity contribution is 0.416. The van der Waals surface area contributed by atoms with Gasteiger partial charge in [0, 0.05) is 24.8 Å². The lowest BCUT2D eigenvalue weighted by Gasteiger charge is -2.27. The van der Waals surface area contributed by atoms with E-state index in [4.69, 9.17) is 18.0 Å². The van der Waals surface area contributed by atoms with Crippen molar-refractivity contribution < 1.29 is 8.78 Å². The van der Waals surface area contributed by atoms with E-state index >= 15 is 0 Å². The Kier molecular flexibility index (Phi) is 4.81. The van der Waals surface area contributed by atoms with E-state index in [-0.39, 0.29) is 18.4 Å². The summed E-state index contributed by atoms with van der Waals surface area (Å²) in [4.78, 5) is 2.98. The number of rotatable bonds is 2. The van der Waals surface area contributed by atoms with Gasteiger partial charge in [0.1, 0.15) is 11.6 Å². The molecule has 2 aromatic rings. The Morgan fingerprint density at radius 2 is 2.14 bits per heavy atom. The topological polar surface area (TPSA) is 46.7 Å². The summed E-state index contributed by atoms with van der Waals surface area (Å²) < 4.78 is 29.7. The van der Waals surface area contributed by atoms with Gasteiger partial charge in [-0.05, 0) is 48.7 Å². The predicted molar refractivity (Wildman–Crippen MR) is 82.2 cm³/mol. The molecule has 0 fully saturated rings. The van der Waals surface area contributed by atoms with Gasteiger partial charge in [0.2, 0.25) is 0 Å². The number of imidazole rings is 1. The number of nitrogens with zero attached hydrogens (tertiary/aromatic N) is 1. The molecule has 1 aliphatic rings. The highest BCUT2D eigenvalue weighted by molar-refractivity contribution is 7.71. The summed E-state index contributed by atoms with van der Waals surface area (Å²) in [6.45, 7) is 0.383. The summed E-state index contributed by atoms with van der Waals surface area (Å²) in [6.07, 6.45) is 3.73. The molecule has 0 unspecified atom stereocenters. The monoisotopic (exact) mass is 331 g/mol. The van der Waals surface area contributed by atoms with E-state index in [0.717, 1.165) is 23.7 Å². The van der Waals surface area contributed by atoms with Crippen molar-refractivity contribution >= 4 is 24.6 Å². The van der Waals surface area contributed by atoms with E-state index < -0.39 is 11.6 Å². The first kappa shape index (κ1) is 16.1. The summed E-state index contributed by atoms with van der Waals surface area (Å²) in [6, 6.07) is 2.47. The van der Waals surface area contributed by atoms with Gasteiger partial charge in [-0.3, -0.25) is 0 Å². The van der Waals surface area contributed by atoms with Crippen LogP contribution >= 0.6 is 24.6 Å². The van der Waals surface area contributed by atoms with E-state index in [1.165, 1.54) is 6.07 Å². The zero-order valence-electron chi connectivity index (χ0n) is 11.2. The van der Waals surface area contributed by atoms with Crippen LogP contribution in [0.3, 0.4) is 0 Å². The minimum atomic E-state index is -0.529. The summed E-state index contributed by atoms with van der Waals surface area (Å²) >= 11 is 5.27. The predicted octanol–water partition coefficient (Wildman–Crippen LogP) is 3.43. The molecule has 1 heterocycles. The highest BCUT2D eigenvalue weighted by Crippen LogP contribution is 2.32. The van der Waals surface area contributed by atoms with Crippen LogP contribution in [-0.4, -0.2) is 9.55 Å². The molecule has 1 aliphatic carbocycles. The molecule has 3 N–H and O–H groups in total. The Bertz CT molecular complexity index is 711. The molecule has 1 atom stereocenters. The molecule has 21 heavy (non-hydrogen) atoms. The Hall–Kier alpha value is -1.24. The van der Waals surface area contributed by atoms with Crippen LogP contribution in [0.2, 0.25) is 0 Å². The molecule has 114 valence electrons. The van der Waals surface area contributed by atoms with Crippen molar-refractivity contribution in [2.24, 2.45) is 5.73 Å². The van der Waals surface area contributed by atoms with Gasteiger partial charge < -0.3 is 15.3 Å². The highest BCUT2D eigenvalue weighted by atomic mass is 35.5. The molecule has 1 aromatic heterocycles. The van der Waals surface area contributed by atoms with E-state index in [1.807, 2.05) is 4.57 Å². The van der Waals surface area contributed by atoms with Gasteiger partial charge in [0.15, 0.2) is 4.77 Å². The average molecular weight is 332 g/mol. The Balaban J connectivity index is 0.00000161. The third kappa shape index (κ3) is 2.88. The number of hydrogen-bond acceptors (Lipinski definition) is 2. The van der Waals surface area contributed by atoms with Crippen LogP contribution in [0, 0.1) is 16.4 Å². The smallest absolute Gasteiger partial charge is 0.177 e. The van der Waals surface area contributed by atoms with E-state index in [1.54, 1.807) is 6.20 Å². The van der Waals surface area contributed by atoms with Crippen molar-refractivity contribution in [3.8, 4) is 0 Å². The van der Waals surface area contributed by atoms with Crippen LogP contribution in [0.15, 0.2) is 18.3 Å². The second-order valence-electron chi connectivity index (χ2n) is 5.08. The first-order valence-corrected chi connectivity index (χ1v) is 6.96. The number of hydrogen-bond donors (Lipinski definition) is 2. The number of fused-ring (bicyclic) bond motifs is 1. The van der Waals surface area contributed by atoms with Crippen molar-refractivity contribution in [2.75, 3.05) is 0 Å². The van der Waals surface area contributed by atoms with Gasteiger partial charge in [0.05, 0.1) is 5.69 Å². The maximum absolute atomic E-state index is 13.7. The van der Waals surface area contributed by atoms with Crippen LogP contribution in [0.1, 0.15) is 29.3 Å². The largest absolute Gasteiger partial charge is 0.337 e. The van der Waals surface area contributed by atoms with Gasteiger partial charge in [-0.15, -0.1) is 12.4 Å². The zero-order chi connectivity index (χ0) is 14.3. The van der Waals surface area contributed by atoms with Gasteiger partial charge in [-0.1, -0.05) is 0 Å². The van der Waals surface area contributed by atoms with Crippen molar-refractivity contribution in [1.29, 1.82) is 0 Å². The summed E-state index contributed by atoms with van der Waals surface area (Å²) in [7, 11) is 0. The number of aromatic nitrogens is 2. The third-order valence-corrected chi connectivity index (χ3v) is 4.22. The van der Waals surface area contributed by atoms with E-state index in [0.29, 0.717) is 29.7 Å². The molecule has 0 aliphatic heterocycles. The average Bonchev–Trinajstić information content (AvgIpc) is 2.78. The molecule has 3 rings (SSSR count). The lowest BCUT2D eigenvalue weighted by atomic mass is 9.87. The van der Waals surface area contributed by atoms with Gasteiger partial charge in [0.25, 0.3) is 0 Å². The Morgan fingerprint density at radius 1 is 1.38 bits per heavy atom. The van der Waals surface area contributed by atoms with Crippen molar-refractivity contribution in [3.05, 3.63) is 51.6 Å². The van der Waals surface area contributed by atoms with Crippen LogP contribution < -0.4 is 5.73 Å². The standard InChI is InChI=1S/C14H15F2N3S.ClH/c15-9-3-8-4-10(1-2-12(8)13(16)5-9)19-11(6-17)7-18-14(19)20;/h3,5,7,10H,1-2,4,6,17H2,(H,18,20);1H/t10-;/m1./s1. The normalized spacial score (nSPS) is 17.2. The maximum Gasteiger partial charge on any atom is 0.177 e. The quantitative estimate of drug-likeness (QED) is 0.828. The molecular formula is C14H16ClF2N3S. The SMILES string of the molecule is Cl.NCc1c[nH]c(=S)n1[C@@H]1CCc2c(F)cc(F)cc2C1. The van der Waals surface area contributed by atoms with Gasteiger partial charge >= 0.3 is 0 Å². The van der Waals surface area contributed by atoms with Crippen molar-refractivity contribution in [2.45, 2.75) is 31.8 Å². The number of H-pyrrole nitrogens is 1. The fourth-order valence-electron chi connectivity index (χ4n) is 2.98. The number of nitrogens with one attached hydrogen (secondary N) is 1. The first-order chi connectivity index (χ1) is 9.60. The molecule has 0 bridgehead atoms. The number of halogens is 3. The molecule has 0 saturated heterocycles. The highest BCUT2D eigenvalue weighted by Gasteiger charge is 2.24. The Labute approximate surface area is 132 Å². The molecule has 0 saturated carbocycles. The molecule has 0 amide bonds. The molecule has 0 spiro atoms. The number of nitrogens with two attached hydrogens (primary N) is 1. The van der Waals surface area contributed by atoms with Crippen LogP contribution in [0.4, 0.5) is 8.78 Å². The first-order valence-electron chi connectivity index (χ1n) is 6.55. The summed E-state index contributed by atoms with van der Waals surface area (Å²) in [5.41, 5.74) is 7.97. The number of benzene rings is 1. The van der Waals surface area contributed by atoms with Crippen LogP contribution in [0.5, 0.6) is 0 Å². The van der Waals surface area contributed by atoms with E-state index in [9.17, 15) is 8.78 Å². The molecular weight excluding hydrogens is 316 g/mol. The summed E-state index contributed by atoms with van der Waals surface area (Å²) in [5.74, 6) is -0.978. The van der Waals surface area contributed by atoms with Gasteiger partial charge in [-0.25, -0.2) is 8.78 Å². The second-order valence-corrected chi connectivity index (χ2v) is 5.47. The van der Waals surface area contributed by atoms with Crippen LogP contribution in [-0.2, 0) is 19.4 Å². The van der Waals surface area contributed by atoms with Crippen molar-refractivity contribution in [3.63, 3.8) is 0 Å².